The molecule has 1 spiro atoms. The number of nitrogens with one attached hydrogen (secondary N) is 2. The molecule has 3 unspecified atom stereocenters. The van der Waals surface area contributed by atoms with Crippen LogP contribution < -0.4 is 10.6 Å². The number of ether oxygens (including phenoxy) is 1. The zero-order valence-electron chi connectivity index (χ0n) is 20.0. The van der Waals surface area contributed by atoms with Gasteiger partial charge in [0.25, 0.3) is 0 Å². The number of fused-ring (bicyclic) bond motifs is 1. The van der Waals surface area contributed by atoms with Crippen molar-refractivity contribution < 1.29 is 24.2 Å². The maximum Gasteiger partial charge on any atom is 0.250 e. The van der Waals surface area contributed by atoms with E-state index in [1.54, 1.807) is 4.90 Å². The Morgan fingerprint density at radius 2 is 2.03 bits per heavy atom. The van der Waals surface area contributed by atoms with Gasteiger partial charge in [-0.1, -0.05) is 35.0 Å². The number of amides is 3. The van der Waals surface area contributed by atoms with Crippen LogP contribution in [-0.4, -0.2) is 70.0 Å². The molecule has 3 N–H and O–H groups in total. The van der Waals surface area contributed by atoms with Crippen molar-refractivity contribution in [2.24, 2.45) is 11.8 Å². The summed E-state index contributed by atoms with van der Waals surface area (Å²) in [5, 5.41) is 15.2. The van der Waals surface area contributed by atoms with Gasteiger partial charge in [0.05, 0.1) is 17.9 Å². The second kappa shape index (κ2) is 9.95. The van der Waals surface area contributed by atoms with Gasteiger partial charge in [-0.25, -0.2) is 0 Å². The third kappa shape index (κ3) is 4.16. The van der Waals surface area contributed by atoms with Crippen LogP contribution in [-0.2, 0) is 19.1 Å². The number of carbonyl (C=O) groups excluding carboxylic acids is 3. The zero-order valence-corrected chi connectivity index (χ0v) is 21.6. The summed E-state index contributed by atoms with van der Waals surface area (Å²) in [6, 6.07) is 5.00. The van der Waals surface area contributed by atoms with Crippen LogP contribution in [0.2, 0.25) is 0 Å². The average Bonchev–Trinajstić information content (AvgIpc) is 3.38. The molecule has 9 heteroatoms. The van der Waals surface area contributed by atoms with E-state index in [1.807, 2.05) is 39.0 Å². The van der Waals surface area contributed by atoms with E-state index in [2.05, 4.69) is 26.6 Å². The third-order valence-corrected chi connectivity index (χ3v) is 8.19. The van der Waals surface area contributed by atoms with Crippen molar-refractivity contribution in [3.05, 3.63) is 29.3 Å². The van der Waals surface area contributed by atoms with E-state index < -0.39 is 29.6 Å². The predicted molar refractivity (Wildman–Crippen MR) is 132 cm³/mol. The summed E-state index contributed by atoms with van der Waals surface area (Å²) in [4.78, 5) is 42.1. The highest BCUT2D eigenvalue weighted by Crippen LogP contribution is 2.60. The fourth-order valence-electron chi connectivity index (χ4n) is 5.80. The second-order valence-corrected chi connectivity index (χ2v) is 10.9. The Bertz CT molecular complexity index is 972. The Balaban J connectivity index is 1.69. The minimum Gasteiger partial charge on any atom is -0.396 e. The Morgan fingerprint density at radius 1 is 1.26 bits per heavy atom. The van der Waals surface area contributed by atoms with Crippen LogP contribution in [0.3, 0.4) is 0 Å². The number of anilines is 1. The lowest BCUT2D eigenvalue weighted by molar-refractivity contribution is -0.140. The lowest BCUT2D eigenvalue weighted by Gasteiger charge is -2.34. The number of halogens is 1. The first-order valence-electron chi connectivity index (χ1n) is 12.1. The summed E-state index contributed by atoms with van der Waals surface area (Å²) in [6.45, 7) is 6.73. The van der Waals surface area contributed by atoms with Crippen molar-refractivity contribution in [3.8, 4) is 0 Å². The molecule has 3 amide bonds. The molecule has 4 rings (SSSR count). The Hall–Kier alpha value is -1.97. The topological polar surface area (TPSA) is 108 Å². The smallest absolute Gasteiger partial charge is 0.250 e. The molecule has 3 aliphatic heterocycles. The molecule has 8 nitrogen and oxygen atoms in total. The van der Waals surface area contributed by atoms with E-state index in [4.69, 9.17) is 4.74 Å². The van der Waals surface area contributed by atoms with Crippen LogP contribution in [0.15, 0.2) is 18.2 Å². The molecule has 1 aromatic rings. The number of rotatable bonds is 9. The molecule has 186 valence electrons. The minimum absolute atomic E-state index is 0.0139. The molecule has 2 bridgehead atoms. The molecular formula is C25H34BrN3O5. The van der Waals surface area contributed by atoms with E-state index in [0.29, 0.717) is 38.0 Å². The van der Waals surface area contributed by atoms with E-state index in [0.717, 1.165) is 17.5 Å². The number of likely N-dealkylation sites (tertiary alicyclic amines) is 1. The largest absolute Gasteiger partial charge is 0.396 e. The second-order valence-electron chi connectivity index (χ2n) is 9.72. The Labute approximate surface area is 208 Å². The molecule has 0 aliphatic carbocycles. The highest BCUT2D eigenvalue weighted by atomic mass is 79.9. The third-order valence-electron chi connectivity index (χ3n) is 7.35. The number of hydrogen-bond acceptors (Lipinski definition) is 5. The number of aliphatic hydroxyl groups is 1. The standard InChI is InChI=1S/C25H34BrN3O5/c1-4-9-27-22(31)18-19-24(33)29(10-5-6-11-30)21(25(19)13-16(26)20(18)34-25)23(32)28-17-12-14(2)7-8-15(17)3/h7-8,12,16,18-21,30H,4-6,9-11,13H2,1-3H3,(H,27,31)(H,28,32)/t16?,18-,19+,20-,21?,25?/m1/s1. The quantitative estimate of drug-likeness (QED) is 0.332. The van der Waals surface area contributed by atoms with Crippen LogP contribution in [0, 0.1) is 25.7 Å². The lowest BCUT2D eigenvalue weighted by atomic mass is 9.70. The molecule has 0 aromatic heterocycles. The summed E-state index contributed by atoms with van der Waals surface area (Å²) in [6.07, 6.45) is 1.90. The number of benzene rings is 1. The average molecular weight is 536 g/mol. The highest BCUT2D eigenvalue weighted by molar-refractivity contribution is 9.09. The van der Waals surface area contributed by atoms with Crippen molar-refractivity contribution in [3.63, 3.8) is 0 Å². The van der Waals surface area contributed by atoms with Gasteiger partial charge in [0.1, 0.15) is 11.6 Å². The predicted octanol–water partition coefficient (Wildman–Crippen LogP) is 2.29. The van der Waals surface area contributed by atoms with Crippen LogP contribution >= 0.6 is 15.9 Å². The van der Waals surface area contributed by atoms with Gasteiger partial charge in [-0.3, -0.25) is 14.4 Å². The number of carbonyl (C=O) groups is 3. The van der Waals surface area contributed by atoms with Crippen molar-refractivity contribution in [2.75, 3.05) is 25.0 Å². The maximum atomic E-state index is 13.8. The number of unbranched alkanes of at least 4 members (excludes halogenated alkanes) is 1. The summed E-state index contributed by atoms with van der Waals surface area (Å²) in [5.41, 5.74) is 1.58. The van der Waals surface area contributed by atoms with Gasteiger partial charge in [0, 0.05) is 30.2 Å². The minimum atomic E-state index is -1.06. The normalized spacial score (nSPS) is 31.6. The van der Waals surface area contributed by atoms with E-state index >= 15 is 0 Å². The van der Waals surface area contributed by atoms with E-state index in [1.165, 1.54) is 0 Å². The number of alkyl halides is 1. The first kappa shape index (κ1) is 25.1. The molecule has 1 aromatic carbocycles. The molecule has 0 saturated carbocycles. The maximum absolute atomic E-state index is 13.8. The van der Waals surface area contributed by atoms with Crippen molar-refractivity contribution in [1.82, 2.24) is 10.2 Å². The lowest BCUT2D eigenvalue weighted by Crippen LogP contribution is -2.54. The van der Waals surface area contributed by atoms with Crippen molar-refractivity contribution in [2.45, 2.75) is 69.0 Å². The molecule has 0 radical (unpaired) electrons. The van der Waals surface area contributed by atoms with Crippen LogP contribution in [0.5, 0.6) is 0 Å². The number of nitrogens with zero attached hydrogens (tertiary/aromatic N) is 1. The molecule has 3 heterocycles. The molecule has 34 heavy (non-hydrogen) atoms. The monoisotopic (exact) mass is 535 g/mol. The number of aryl methyl sites for hydroxylation is 2. The highest BCUT2D eigenvalue weighted by Gasteiger charge is 2.76. The molecule has 3 fully saturated rings. The van der Waals surface area contributed by atoms with Crippen LogP contribution in [0.4, 0.5) is 5.69 Å². The van der Waals surface area contributed by atoms with Gasteiger partial charge >= 0.3 is 0 Å². The fourth-order valence-corrected chi connectivity index (χ4v) is 6.74. The van der Waals surface area contributed by atoms with Crippen LogP contribution in [0.25, 0.3) is 0 Å². The van der Waals surface area contributed by atoms with Gasteiger partial charge in [-0.2, -0.15) is 0 Å². The molecule has 3 aliphatic rings. The molecule has 3 saturated heterocycles. The van der Waals surface area contributed by atoms with Gasteiger partial charge < -0.3 is 25.4 Å². The number of aliphatic hydroxyl groups excluding tert-OH is 1. The van der Waals surface area contributed by atoms with Crippen molar-refractivity contribution in [1.29, 1.82) is 0 Å². The molecular weight excluding hydrogens is 502 g/mol. The summed E-state index contributed by atoms with van der Waals surface area (Å²) in [5.74, 6) is -2.05. The van der Waals surface area contributed by atoms with Gasteiger partial charge in [-0.05, 0) is 56.7 Å². The first-order chi connectivity index (χ1) is 16.2. The summed E-state index contributed by atoms with van der Waals surface area (Å²) < 4.78 is 6.46. The zero-order chi connectivity index (χ0) is 24.6. The van der Waals surface area contributed by atoms with E-state index in [-0.39, 0.29) is 29.2 Å². The van der Waals surface area contributed by atoms with Gasteiger partial charge in [0.15, 0.2) is 0 Å². The summed E-state index contributed by atoms with van der Waals surface area (Å²) in [7, 11) is 0. The Morgan fingerprint density at radius 3 is 2.74 bits per heavy atom. The van der Waals surface area contributed by atoms with Gasteiger partial charge in [0.2, 0.25) is 17.7 Å². The Kier molecular flexibility index (Phi) is 7.36. The number of hydrogen-bond donors (Lipinski definition) is 3. The summed E-state index contributed by atoms with van der Waals surface area (Å²) >= 11 is 3.67. The molecule has 6 atom stereocenters. The van der Waals surface area contributed by atoms with Crippen molar-refractivity contribution >= 4 is 39.3 Å². The SMILES string of the molecule is CCCNC(=O)[C@H]1[C@@H]2OC3(CC2Br)C(C(=O)Nc2cc(C)ccc2C)N(CCCCO)C(=O)[C@H]13. The first-order valence-corrected chi connectivity index (χ1v) is 13.1. The van der Waals surface area contributed by atoms with Crippen LogP contribution in [0.1, 0.15) is 43.7 Å². The van der Waals surface area contributed by atoms with E-state index in [9.17, 15) is 19.5 Å². The van der Waals surface area contributed by atoms with Gasteiger partial charge in [-0.15, -0.1) is 0 Å². The fraction of sp³-hybridized carbons (Fsp3) is 0.640.